The van der Waals surface area contributed by atoms with Gasteiger partial charge in [0.25, 0.3) is 5.91 Å². The van der Waals surface area contributed by atoms with Crippen LogP contribution in [0.1, 0.15) is 22.8 Å². The van der Waals surface area contributed by atoms with E-state index in [4.69, 9.17) is 21.3 Å². The van der Waals surface area contributed by atoms with Gasteiger partial charge in [0.1, 0.15) is 12.4 Å². The van der Waals surface area contributed by atoms with Gasteiger partial charge in [0.2, 0.25) is 0 Å². The molecule has 2 aromatic carbocycles. The third-order valence-corrected chi connectivity index (χ3v) is 4.67. The van der Waals surface area contributed by atoms with Crippen molar-refractivity contribution >= 4 is 23.5 Å². The second-order valence-corrected chi connectivity index (χ2v) is 7.55. The van der Waals surface area contributed by atoms with Crippen LogP contribution in [0.15, 0.2) is 53.5 Å². The van der Waals surface area contributed by atoms with Crippen molar-refractivity contribution in [3.63, 3.8) is 0 Å². The monoisotopic (exact) mass is 430 g/mol. The highest BCUT2D eigenvalue weighted by Crippen LogP contribution is 2.16. The molecule has 0 saturated heterocycles. The molecule has 0 heterocycles. The van der Waals surface area contributed by atoms with Crippen LogP contribution in [0.25, 0.3) is 0 Å². The van der Waals surface area contributed by atoms with Gasteiger partial charge >= 0.3 is 0 Å². The first-order valence-corrected chi connectivity index (χ1v) is 10.5. The van der Waals surface area contributed by atoms with E-state index in [1.165, 1.54) is 0 Å². The lowest BCUT2D eigenvalue weighted by Crippen LogP contribution is -2.41. The number of hydrogen-bond acceptors (Lipinski definition) is 3. The quantitative estimate of drug-likeness (QED) is 0.488. The molecule has 0 saturated carbocycles. The first-order chi connectivity index (χ1) is 14.4. The molecule has 6 nitrogen and oxygen atoms in total. The van der Waals surface area contributed by atoms with Crippen molar-refractivity contribution in [3.8, 4) is 5.75 Å². The molecular formula is C23H31ClN4O2. The molecule has 2 rings (SSSR count). The van der Waals surface area contributed by atoms with Gasteiger partial charge in [-0.25, -0.2) is 0 Å². The lowest BCUT2D eigenvalue weighted by atomic mass is 10.1. The Hall–Kier alpha value is -2.73. The van der Waals surface area contributed by atoms with Crippen molar-refractivity contribution in [2.24, 2.45) is 4.99 Å². The zero-order chi connectivity index (χ0) is 21.9. The number of rotatable bonds is 9. The Balaban J connectivity index is 1.90. The maximum Gasteiger partial charge on any atom is 0.253 e. The van der Waals surface area contributed by atoms with E-state index in [0.717, 1.165) is 30.2 Å². The fraction of sp³-hybridized carbons (Fsp3) is 0.391. The molecule has 2 aromatic rings. The van der Waals surface area contributed by atoms with Crippen LogP contribution in [0.3, 0.4) is 0 Å². The summed E-state index contributed by atoms with van der Waals surface area (Å²) in [5.74, 6) is 1.59. The fourth-order valence-electron chi connectivity index (χ4n) is 2.84. The molecule has 0 aromatic heterocycles. The fourth-order valence-corrected chi connectivity index (χ4v) is 3.02. The number of halogens is 1. The molecule has 0 aliphatic carbocycles. The number of carbonyl (C=O) groups is 1. The first-order valence-electron chi connectivity index (χ1n) is 10.1. The lowest BCUT2D eigenvalue weighted by molar-refractivity contribution is 0.0827. The lowest BCUT2D eigenvalue weighted by Gasteiger charge is -2.22. The molecule has 0 unspecified atom stereocenters. The Labute approximate surface area is 184 Å². The molecule has 0 bridgehead atoms. The van der Waals surface area contributed by atoms with Gasteiger partial charge in [-0.1, -0.05) is 29.8 Å². The molecule has 7 heteroatoms. The number of guanidine groups is 1. The molecule has 1 amide bonds. The van der Waals surface area contributed by atoms with Crippen molar-refractivity contribution in [1.82, 2.24) is 15.1 Å². The van der Waals surface area contributed by atoms with Crippen LogP contribution in [0, 0.1) is 0 Å². The van der Waals surface area contributed by atoms with Gasteiger partial charge in [-0.15, -0.1) is 0 Å². The third kappa shape index (κ3) is 7.59. The number of amides is 1. The van der Waals surface area contributed by atoms with E-state index in [-0.39, 0.29) is 5.91 Å². The first kappa shape index (κ1) is 23.5. The Kier molecular flexibility index (Phi) is 9.48. The zero-order valence-corrected chi connectivity index (χ0v) is 18.9. The van der Waals surface area contributed by atoms with Gasteiger partial charge in [0.15, 0.2) is 5.96 Å². The molecule has 1 N–H and O–H groups in total. The molecule has 162 valence electrons. The maximum absolute atomic E-state index is 12.1. The summed E-state index contributed by atoms with van der Waals surface area (Å²) in [6, 6.07) is 15.1. The normalized spacial score (nSPS) is 11.2. The molecule has 0 aliphatic rings. The number of carbonyl (C=O) groups excluding carboxylic acids is 1. The topological polar surface area (TPSA) is 57.2 Å². The second-order valence-electron chi connectivity index (χ2n) is 7.11. The van der Waals surface area contributed by atoms with Crippen molar-refractivity contribution in [2.75, 3.05) is 47.4 Å². The standard InChI is InChI=1S/C23H31ClN4O2/c1-5-25-23(28(4)14-15-30-21-11-7-10-20(24)17-21)26-13-12-18-8-6-9-19(16-18)22(29)27(2)3/h6-11,16-17H,5,12-15H2,1-4H3,(H,25,26). The van der Waals surface area contributed by atoms with Gasteiger partial charge in [-0.3, -0.25) is 9.79 Å². The predicted molar refractivity (Wildman–Crippen MR) is 124 cm³/mol. The molecule has 0 aliphatic heterocycles. The molecule has 0 spiro atoms. The van der Waals surface area contributed by atoms with E-state index in [0.29, 0.717) is 30.3 Å². The van der Waals surface area contributed by atoms with Crippen molar-refractivity contribution in [1.29, 1.82) is 0 Å². The number of nitrogens with zero attached hydrogens (tertiary/aromatic N) is 3. The summed E-state index contributed by atoms with van der Waals surface area (Å²) in [6.45, 7) is 4.66. The van der Waals surface area contributed by atoms with Crippen molar-refractivity contribution in [3.05, 3.63) is 64.7 Å². The summed E-state index contributed by atoms with van der Waals surface area (Å²) >= 11 is 5.99. The van der Waals surface area contributed by atoms with E-state index in [2.05, 4.69) is 5.32 Å². The largest absolute Gasteiger partial charge is 0.492 e. The van der Waals surface area contributed by atoms with Crippen LogP contribution in [0.5, 0.6) is 5.75 Å². The molecule has 0 atom stereocenters. The predicted octanol–water partition coefficient (Wildman–Crippen LogP) is 3.56. The zero-order valence-electron chi connectivity index (χ0n) is 18.2. The van der Waals surface area contributed by atoms with Crippen molar-refractivity contribution in [2.45, 2.75) is 13.3 Å². The van der Waals surface area contributed by atoms with Crippen LogP contribution < -0.4 is 10.1 Å². The minimum Gasteiger partial charge on any atom is -0.492 e. The summed E-state index contributed by atoms with van der Waals surface area (Å²) in [5, 5.41) is 3.97. The number of hydrogen-bond donors (Lipinski definition) is 1. The Bertz CT molecular complexity index is 855. The van der Waals surface area contributed by atoms with E-state index in [1.54, 1.807) is 25.1 Å². The second kappa shape index (κ2) is 12.1. The highest BCUT2D eigenvalue weighted by molar-refractivity contribution is 6.30. The number of benzene rings is 2. The van der Waals surface area contributed by atoms with Crippen LogP contribution in [-0.2, 0) is 6.42 Å². The number of nitrogens with one attached hydrogen (secondary N) is 1. The average molecular weight is 431 g/mol. The molecular weight excluding hydrogens is 400 g/mol. The van der Waals surface area contributed by atoms with Crippen LogP contribution in [0.2, 0.25) is 5.02 Å². The van der Waals surface area contributed by atoms with Gasteiger partial charge < -0.3 is 19.9 Å². The number of aliphatic imine (C=N–C) groups is 1. The summed E-state index contributed by atoms with van der Waals surface area (Å²) in [7, 11) is 5.50. The van der Waals surface area contributed by atoms with Gasteiger partial charge in [-0.05, 0) is 49.2 Å². The Morgan fingerprint density at radius 1 is 1.13 bits per heavy atom. The van der Waals surface area contributed by atoms with Crippen LogP contribution >= 0.6 is 11.6 Å². The van der Waals surface area contributed by atoms with E-state index in [9.17, 15) is 4.79 Å². The van der Waals surface area contributed by atoms with Gasteiger partial charge in [0.05, 0.1) is 6.54 Å². The average Bonchev–Trinajstić information content (AvgIpc) is 2.72. The Morgan fingerprint density at radius 3 is 2.60 bits per heavy atom. The van der Waals surface area contributed by atoms with E-state index < -0.39 is 0 Å². The molecule has 0 radical (unpaired) electrons. The molecule has 30 heavy (non-hydrogen) atoms. The Morgan fingerprint density at radius 2 is 1.90 bits per heavy atom. The summed E-state index contributed by atoms with van der Waals surface area (Å²) in [6.07, 6.45) is 0.760. The summed E-state index contributed by atoms with van der Waals surface area (Å²) < 4.78 is 5.77. The van der Waals surface area contributed by atoms with E-state index in [1.807, 2.05) is 61.3 Å². The van der Waals surface area contributed by atoms with Gasteiger partial charge in [-0.2, -0.15) is 0 Å². The number of ether oxygens (including phenoxy) is 1. The minimum atomic E-state index is 0.00752. The SMILES string of the molecule is CCNC(=NCCc1cccc(C(=O)N(C)C)c1)N(C)CCOc1cccc(Cl)c1. The highest BCUT2D eigenvalue weighted by atomic mass is 35.5. The van der Waals surface area contributed by atoms with E-state index >= 15 is 0 Å². The highest BCUT2D eigenvalue weighted by Gasteiger charge is 2.09. The molecule has 0 fully saturated rings. The minimum absolute atomic E-state index is 0.00752. The smallest absolute Gasteiger partial charge is 0.253 e. The number of likely N-dealkylation sites (N-methyl/N-ethyl adjacent to an activating group) is 1. The summed E-state index contributed by atoms with van der Waals surface area (Å²) in [5.41, 5.74) is 1.79. The third-order valence-electron chi connectivity index (χ3n) is 4.43. The van der Waals surface area contributed by atoms with Crippen LogP contribution in [-0.4, -0.2) is 69.1 Å². The van der Waals surface area contributed by atoms with Crippen molar-refractivity contribution < 1.29 is 9.53 Å². The van der Waals surface area contributed by atoms with Gasteiger partial charge in [0, 0.05) is 44.8 Å². The van der Waals surface area contributed by atoms with Crippen LogP contribution in [0.4, 0.5) is 0 Å². The maximum atomic E-state index is 12.1. The summed E-state index contributed by atoms with van der Waals surface area (Å²) in [4.78, 5) is 20.5.